The van der Waals surface area contributed by atoms with Crippen LogP contribution in [-0.2, 0) is 17.8 Å². The van der Waals surface area contributed by atoms with Crippen LogP contribution in [-0.4, -0.2) is 37.4 Å². The van der Waals surface area contributed by atoms with Gasteiger partial charge in [0.25, 0.3) is 0 Å². The van der Waals surface area contributed by atoms with Crippen molar-refractivity contribution < 1.29 is 23.7 Å². The molecule has 0 radical (unpaired) electrons. The molecule has 4 rings (SSSR count). The number of hydrogen-bond donors (Lipinski definition) is 0. The van der Waals surface area contributed by atoms with Crippen molar-refractivity contribution >= 4 is 5.91 Å². The zero-order valence-corrected chi connectivity index (χ0v) is 16.1. The van der Waals surface area contributed by atoms with Gasteiger partial charge in [0.1, 0.15) is 13.2 Å². The molecule has 0 spiro atoms. The fourth-order valence-electron chi connectivity index (χ4n) is 3.38. The Hall–Kier alpha value is -2.89. The van der Waals surface area contributed by atoms with E-state index in [-0.39, 0.29) is 12.7 Å². The standard InChI is InChI=1S/C22H25NO5/c1-2-3-8-23(14-17-5-7-18-20(12-17)26-10-9-25-18)22(24)13-16-4-6-19-21(11-16)28-15-27-19/h4-7,11-12H,2-3,8-10,13-15H2,1H3. The summed E-state index contributed by atoms with van der Waals surface area (Å²) in [4.78, 5) is 14.9. The third-order valence-corrected chi connectivity index (χ3v) is 4.91. The van der Waals surface area contributed by atoms with Crippen molar-refractivity contribution in [3.63, 3.8) is 0 Å². The Morgan fingerprint density at radius 3 is 2.36 bits per heavy atom. The Kier molecular flexibility index (Phi) is 5.55. The third kappa shape index (κ3) is 4.16. The van der Waals surface area contributed by atoms with Gasteiger partial charge in [0, 0.05) is 13.1 Å². The van der Waals surface area contributed by atoms with Crippen molar-refractivity contribution in [2.75, 3.05) is 26.6 Å². The van der Waals surface area contributed by atoms with Crippen molar-refractivity contribution in [2.24, 2.45) is 0 Å². The maximum atomic E-state index is 13.0. The predicted molar refractivity (Wildman–Crippen MR) is 104 cm³/mol. The van der Waals surface area contributed by atoms with Crippen LogP contribution in [0.1, 0.15) is 30.9 Å². The molecule has 0 unspecified atom stereocenters. The lowest BCUT2D eigenvalue weighted by Crippen LogP contribution is -2.32. The van der Waals surface area contributed by atoms with Gasteiger partial charge in [-0.05, 0) is 41.8 Å². The molecule has 6 nitrogen and oxygen atoms in total. The maximum absolute atomic E-state index is 13.0. The number of unbranched alkanes of at least 4 members (excludes halogenated alkanes) is 1. The molecule has 0 aromatic heterocycles. The molecule has 0 fully saturated rings. The van der Waals surface area contributed by atoms with E-state index in [0.717, 1.165) is 47.8 Å². The minimum absolute atomic E-state index is 0.0993. The quantitative estimate of drug-likeness (QED) is 0.732. The highest BCUT2D eigenvalue weighted by Gasteiger charge is 2.19. The van der Waals surface area contributed by atoms with Crippen LogP contribution in [0.3, 0.4) is 0 Å². The topological polar surface area (TPSA) is 57.2 Å². The summed E-state index contributed by atoms with van der Waals surface area (Å²) in [5.74, 6) is 3.05. The lowest BCUT2D eigenvalue weighted by atomic mass is 10.1. The highest BCUT2D eigenvalue weighted by molar-refractivity contribution is 5.79. The largest absolute Gasteiger partial charge is 0.486 e. The molecule has 0 saturated carbocycles. The second-order valence-electron chi connectivity index (χ2n) is 7.01. The summed E-state index contributed by atoms with van der Waals surface area (Å²) in [6.07, 6.45) is 2.34. The molecule has 2 aromatic rings. The van der Waals surface area contributed by atoms with Crippen LogP contribution in [0.5, 0.6) is 23.0 Å². The van der Waals surface area contributed by atoms with Gasteiger partial charge in [0.2, 0.25) is 12.7 Å². The Morgan fingerprint density at radius 2 is 1.54 bits per heavy atom. The summed E-state index contributed by atoms with van der Waals surface area (Å²) < 4.78 is 22.0. The number of nitrogens with zero attached hydrogens (tertiary/aromatic N) is 1. The minimum Gasteiger partial charge on any atom is -0.486 e. The van der Waals surface area contributed by atoms with Gasteiger partial charge in [-0.3, -0.25) is 4.79 Å². The van der Waals surface area contributed by atoms with Crippen molar-refractivity contribution in [2.45, 2.75) is 32.7 Å². The molecule has 2 heterocycles. The second-order valence-corrected chi connectivity index (χ2v) is 7.01. The Morgan fingerprint density at radius 1 is 0.893 bits per heavy atom. The van der Waals surface area contributed by atoms with E-state index in [0.29, 0.717) is 31.9 Å². The van der Waals surface area contributed by atoms with Crippen LogP contribution in [0, 0.1) is 0 Å². The van der Waals surface area contributed by atoms with E-state index in [1.54, 1.807) is 0 Å². The molecule has 2 aliphatic heterocycles. The lowest BCUT2D eigenvalue weighted by molar-refractivity contribution is -0.131. The molecule has 2 aliphatic rings. The summed E-state index contributed by atoms with van der Waals surface area (Å²) in [5, 5.41) is 0. The third-order valence-electron chi connectivity index (χ3n) is 4.91. The highest BCUT2D eigenvalue weighted by Crippen LogP contribution is 2.33. The van der Waals surface area contributed by atoms with Crippen LogP contribution in [0.25, 0.3) is 0 Å². The van der Waals surface area contributed by atoms with Crippen LogP contribution in [0.2, 0.25) is 0 Å². The molecule has 2 aromatic carbocycles. The second kappa shape index (κ2) is 8.42. The van der Waals surface area contributed by atoms with Crippen LogP contribution in [0.4, 0.5) is 0 Å². The van der Waals surface area contributed by atoms with Gasteiger partial charge in [-0.15, -0.1) is 0 Å². The van der Waals surface area contributed by atoms with Crippen molar-refractivity contribution in [3.8, 4) is 23.0 Å². The molecule has 1 amide bonds. The number of carbonyl (C=O) groups is 1. The molecule has 0 saturated heterocycles. The minimum atomic E-state index is 0.0993. The highest BCUT2D eigenvalue weighted by atomic mass is 16.7. The van der Waals surface area contributed by atoms with E-state index in [9.17, 15) is 4.79 Å². The van der Waals surface area contributed by atoms with Crippen molar-refractivity contribution in [3.05, 3.63) is 47.5 Å². The van der Waals surface area contributed by atoms with E-state index in [2.05, 4.69) is 6.92 Å². The maximum Gasteiger partial charge on any atom is 0.231 e. The van der Waals surface area contributed by atoms with Gasteiger partial charge < -0.3 is 23.8 Å². The van der Waals surface area contributed by atoms with E-state index < -0.39 is 0 Å². The number of carbonyl (C=O) groups excluding carboxylic acids is 1. The van der Waals surface area contributed by atoms with Gasteiger partial charge in [-0.25, -0.2) is 0 Å². The normalized spacial score (nSPS) is 14.0. The van der Waals surface area contributed by atoms with Crippen LogP contribution >= 0.6 is 0 Å². The van der Waals surface area contributed by atoms with E-state index in [1.807, 2.05) is 41.3 Å². The van der Waals surface area contributed by atoms with Gasteiger partial charge >= 0.3 is 0 Å². The summed E-state index contributed by atoms with van der Waals surface area (Å²) in [7, 11) is 0. The Balaban J connectivity index is 1.46. The van der Waals surface area contributed by atoms with Crippen molar-refractivity contribution in [1.82, 2.24) is 4.90 Å². The molecular formula is C22H25NO5. The van der Waals surface area contributed by atoms with Gasteiger partial charge in [-0.1, -0.05) is 25.5 Å². The fraction of sp³-hybridized carbons (Fsp3) is 0.409. The molecule has 28 heavy (non-hydrogen) atoms. The zero-order chi connectivity index (χ0) is 19.3. The van der Waals surface area contributed by atoms with Gasteiger partial charge in [0.15, 0.2) is 23.0 Å². The van der Waals surface area contributed by atoms with Crippen LogP contribution < -0.4 is 18.9 Å². The average molecular weight is 383 g/mol. The number of hydrogen-bond acceptors (Lipinski definition) is 5. The molecule has 0 bridgehead atoms. The van der Waals surface area contributed by atoms with Gasteiger partial charge in [-0.2, -0.15) is 0 Å². The van der Waals surface area contributed by atoms with E-state index in [1.165, 1.54) is 0 Å². The fourth-order valence-corrected chi connectivity index (χ4v) is 3.38. The average Bonchev–Trinajstić information content (AvgIpc) is 3.18. The van der Waals surface area contributed by atoms with Crippen LogP contribution in [0.15, 0.2) is 36.4 Å². The number of rotatable bonds is 7. The molecule has 0 aliphatic carbocycles. The number of ether oxygens (including phenoxy) is 4. The van der Waals surface area contributed by atoms with E-state index >= 15 is 0 Å². The first-order valence-corrected chi connectivity index (χ1v) is 9.78. The molecule has 0 N–H and O–H groups in total. The number of fused-ring (bicyclic) bond motifs is 2. The first-order chi connectivity index (χ1) is 13.7. The Labute approximate surface area is 165 Å². The van der Waals surface area contributed by atoms with Gasteiger partial charge in [0.05, 0.1) is 6.42 Å². The summed E-state index contributed by atoms with van der Waals surface area (Å²) in [6.45, 7) is 4.78. The molecule has 6 heteroatoms. The monoisotopic (exact) mass is 383 g/mol. The first kappa shape index (κ1) is 18.5. The molecule has 0 atom stereocenters. The summed E-state index contributed by atoms with van der Waals surface area (Å²) >= 11 is 0. The Bertz CT molecular complexity index is 851. The summed E-state index contributed by atoms with van der Waals surface area (Å²) in [5.41, 5.74) is 1.97. The first-order valence-electron chi connectivity index (χ1n) is 9.78. The smallest absolute Gasteiger partial charge is 0.231 e. The predicted octanol–water partition coefficient (Wildman–Crippen LogP) is 3.56. The molecular weight excluding hydrogens is 358 g/mol. The van der Waals surface area contributed by atoms with E-state index in [4.69, 9.17) is 18.9 Å². The number of benzene rings is 2. The SMILES string of the molecule is CCCCN(Cc1ccc2c(c1)OCCO2)C(=O)Cc1ccc2c(c1)OCO2. The molecule has 148 valence electrons. The zero-order valence-electron chi connectivity index (χ0n) is 16.1. The summed E-state index contributed by atoms with van der Waals surface area (Å²) in [6, 6.07) is 11.6. The van der Waals surface area contributed by atoms with Crippen molar-refractivity contribution in [1.29, 1.82) is 0 Å². The number of amides is 1. The lowest BCUT2D eigenvalue weighted by Gasteiger charge is -2.24.